The van der Waals surface area contributed by atoms with Crippen LogP contribution in [0.3, 0.4) is 0 Å². The standard InChI is InChI=1S/C19H18N2O4S2/c1-21(2)27(23,24)16-6-4-5-14(12-16)18-20-17(19(22)25-18)11-13-7-9-15(26-3)10-8-13/h4-12H,1-3H3/b17-11+. The molecule has 0 bridgehead atoms. The van der Waals surface area contributed by atoms with Gasteiger partial charge in [-0.15, -0.1) is 11.8 Å². The third-order valence-electron chi connectivity index (χ3n) is 3.90. The van der Waals surface area contributed by atoms with E-state index < -0.39 is 16.0 Å². The van der Waals surface area contributed by atoms with Crippen LogP contribution in [0.25, 0.3) is 6.08 Å². The van der Waals surface area contributed by atoms with Gasteiger partial charge < -0.3 is 4.74 Å². The molecule has 0 saturated carbocycles. The van der Waals surface area contributed by atoms with Gasteiger partial charge in [0, 0.05) is 24.6 Å². The number of aliphatic imine (C=N–C) groups is 1. The smallest absolute Gasteiger partial charge is 0.363 e. The van der Waals surface area contributed by atoms with Crippen LogP contribution in [0.5, 0.6) is 0 Å². The molecule has 6 nitrogen and oxygen atoms in total. The Balaban J connectivity index is 1.93. The number of nitrogens with zero attached hydrogens (tertiary/aromatic N) is 2. The maximum atomic E-state index is 12.3. The molecule has 0 amide bonds. The lowest BCUT2D eigenvalue weighted by atomic mass is 10.2. The molecule has 0 N–H and O–H groups in total. The molecule has 3 rings (SSSR count). The molecule has 1 aliphatic rings. The lowest BCUT2D eigenvalue weighted by Crippen LogP contribution is -2.22. The van der Waals surface area contributed by atoms with Crippen LogP contribution < -0.4 is 0 Å². The Hall–Kier alpha value is -2.42. The Morgan fingerprint density at radius 3 is 2.44 bits per heavy atom. The first-order chi connectivity index (χ1) is 12.8. The van der Waals surface area contributed by atoms with Crippen LogP contribution in [0.2, 0.25) is 0 Å². The maximum Gasteiger partial charge on any atom is 0.363 e. The van der Waals surface area contributed by atoms with E-state index in [4.69, 9.17) is 4.74 Å². The van der Waals surface area contributed by atoms with Crippen LogP contribution in [-0.4, -0.2) is 44.9 Å². The summed E-state index contributed by atoms with van der Waals surface area (Å²) in [5.41, 5.74) is 1.42. The summed E-state index contributed by atoms with van der Waals surface area (Å²) in [5.74, 6) is -0.484. The molecule has 0 aromatic heterocycles. The van der Waals surface area contributed by atoms with Crippen molar-refractivity contribution in [1.29, 1.82) is 0 Å². The molecule has 0 unspecified atom stereocenters. The van der Waals surface area contributed by atoms with E-state index in [-0.39, 0.29) is 16.5 Å². The summed E-state index contributed by atoms with van der Waals surface area (Å²) >= 11 is 1.63. The number of ether oxygens (including phenoxy) is 1. The Labute approximate surface area is 162 Å². The van der Waals surface area contributed by atoms with Gasteiger partial charge in [0.25, 0.3) is 0 Å². The molecule has 140 valence electrons. The van der Waals surface area contributed by atoms with E-state index in [9.17, 15) is 13.2 Å². The van der Waals surface area contributed by atoms with Crippen molar-refractivity contribution in [2.45, 2.75) is 9.79 Å². The number of rotatable bonds is 5. The number of carbonyl (C=O) groups is 1. The number of esters is 1. The molecule has 0 aliphatic carbocycles. The predicted molar refractivity (Wildman–Crippen MR) is 106 cm³/mol. The molecular weight excluding hydrogens is 384 g/mol. The second-order valence-corrected chi connectivity index (χ2v) is 8.96. The Bertz CT molecular complexity index is 1040. The summed E-state index contributed by atoms with van der Waals surface area (Å²) < 4.78 is 30.9. The number of thioether (sulfide) groups is 1. The molecule has 27 heavy (non-hydrogen) atoms. The zero-order valence-electron chi connectivity index (χ0n) is 15.0. The molecule has 0 atom stereocenters. The van der Waals surface area contributed by atoms with Crippen molar-refractivity contribution >= 4 is 39.7 Å². The van der Waals surface area contributed by atoms with Gasteiger partial charge in [-0.25, -0.2) is 22.5 Å². The molecule has 2 aromatic carbocycles. The van der Waals surface area contributed by atoms with Gasteiger partial charge in [-0.1, -0.05) is 18.2 Å². The predicted octanol–water partition coefficient (Wildman–Crippen LogP) is 3.00. The number of carbonyl (C=O) groups excluding carboxylic acids is 1. The van der Waals surface area contributed by atoms with Gasteiger partial charge in [-0.2, -0.15) is 0 Å². The van der Waals surface area contributed by atoms with Crippen molar-refractivity contribution in [3.8, 4) is 0 Å². The second kappa shape index (κ2) is 7.67. The van der Waals surface area contributed by atoms with Gasteiger partial charge in [-0.3, -0.25) is 0 Å². The normalized spacial score (nSPS) is 15.9. The molecular formula is C19H18N2O4S2. The average molecular weight is 402 g/mol. The fourth-order valence-corrected chi connectivity index (χ4v) is 3.75. The molecule has 0 saturated heterocycles. The SMILES string of the molecule is CSc1ccc(/C=C2/N=C(c3cccc(S(=O)(=O)N(C)C)c3)OC2=O)cc1. The quantitative estimate of drug-likeness (QED) is 0.437. The van der Waals surface area contributed by atoms with Gasteiger partial charge in [0.15, 0.2) is 5.70 Å². The zero-order valence-corrected chi connectivity index (χ0v) is 16.7. The zero-order chi connectivity index (χ0) is 19.6. The highest BCUT2D eigenvalue weighted by molar-refractivity contribution is 7.98. The molecule has 1 aliphatic heterocycles. The molecule has 0 spiro atoms. The minimum atomic E-state index is -3.59. The third-order valence-corrected chi connectivity index (χ3v) is 6.45. The van der Waals surface area contributed by atoms with Crippen molar-refractivity contribution in [2.24, 2.45) is 4.99 Å². The summed E-state index contributed by atoms with van der Waals surface area (Å²) in [6, 6.07) is 13.9. The maximum absolute atomic E-state index is 12.3. The van der Waals surface area contributed by atoms with E-state index in [0.29, 0.717) is 5.56 Å². The summed E-state index contributed by atoms with van der Waals surface area (Å²) in [6.07, 6.45) is 3.63. The van der Waals surface area contributed by atoms with Crippen LogP contribution in [0, 0.1) is 0 Å². The Morgan fingerprint density at radius 1 is 1.11 bits per heavy atom. The van der Waals surface area contributed by atoms with Gasteiger partial charge in [0.1, 0.15) is 0 Å². The largest absolute Gasteiger partial charge is 0.402 e. The van der Waals surface area contributed by atoms with Crippen molar-refractivity contribution in [3.05, 3.63) is 65.4 Å². The number of hydrogen-bond acceptors (Lipinski definition) is 6. The van der Waals surface area contributed by atoms with Gasteiger partial charge in [0.05, 0.1) is 4.90 Å². The van der Waals surface area contributed by atoms with Crippen LogP contribution >= 0.6 is 11.8 Å². The van der Waals surface area contributed by atoms with E-state index in [1.165, 1.54) is 26.2 Å². The Kier molecular flexibility index (Phi) is 5.50. The lowest BCUT2D eigenvalue weighted by Gasteiger charge is -2.11. The topological polar surface area (TPSA) is 76.0 Å². The van der Waals surface area contributed by atoms with Crippen molar-refractivity contribution in [1.82, 2.24) is 4.31 Å². The van der Waals surface area contributed by atoms with Crippen LogP contribution in [0.15, 0.2) is 69.0 Å². The molecule has 8 heteroatoms. The van der Waals surface area contributed by atoms with Crippen molar-refractivity contribution in [3.63, 3.8) is 0 Å². The molecule has 0 fully saturated rings. The first-order valence-electron chi connectivity index (χ1n) is 8.01. The molecule has 1 heterocycles. The van der Waals surface area contributed by atoms with Crippen molar-refractivity contribution < 1.29 is 17.9 Å². The third kappa shape index (κ3) is 4.13. The highest BCUT2D eigenvalue weighted by Crippen LogP contribution is 2.23. The van der Waals surface area contributed by atoms with Crippen LogP contribution in [-0.2, 0) is 19.6 Å². The summed E-state index contributed by atoms with van der Waals surface area (Å²) in [6.45, 7) is 0. The first-order valence-corrected chi connectivity index (χ1v) is 10.7. The number of sulfonamides is 1. The number of cyclic esters (lactones) is 1. The number of hydrogen-bond donors (Lipinski definition) is 0. The Morgan fingerprint density at radius 2 is 1.81 bits per heavy atom. The van der Waals surface area contributed by atoms with Gasteiger partial charge >= 0.3 is 5.97 Å². The molecule has 2 aromatic rings. The van der Waals surface area contributed by atoms with E-state index in [1.54, 1.807) is 30.0 Å². The van der Waals surface area contributed by atoms with E-state index in [2.05, 4.69) is 4.99 Å². The average Bonchev–Trinajstić information content (AvgIpc) is 3.03. The van der Waals surface area contributed by atoms with E-state index in [1.807, 2.05) is 30.5 Å². The highest BCUT2D eigenvalue weighted by Gasteiger charge is 2.26. The van der Waals surface area contributed by atoms with Gasteiger partial charge in [-0.05, 0) is 48.2 Å². The van der Waals surface area contributed by atoms with Gasteiger partial charge in [0.2, 0.25) is 15.9 Å². The van der Waals surface area contributed by atoms with Crippen LogP contribution in [0.4, 0.5) is 0 Å². The monoisotopic (exact) mass is 402 g/mol. The lowest BCUT2D eigenvalue weighted by molar-refractivity contribution is -0.129. The fourth-order valence-electron chi connectivity index (χ4n) is 2.39. The second-order valence-electron chi connectivity index (χ2n) is 5.92. The van der Waals surface area contributed by atoms with E-state index in [0.717, 1.165) is 14.8 Å². The minimum absolute atomic E-state index is 0.0859. The number of benzene rings is 2. The summed E-state index contributed by atoms with van der Waals surface area (Å²) in [5, 5.41) is 0. The highest BCUT2D eigenvalue weighted by atomic mass is 32.2. The summed E-state index contributed by atoms with van der Waals surface area (Å²) in [7, 11) is -0.677. The van der Waals surface area contributed by atoms with Crippen molar-refractivity contribution in [2.75, 3.05) is 20.4 Å². The minimum Gasteiger partial charge on any atom is -0.402 e. The fraction of sp³-hybridized carbons (Fsp3) is 0.158. The molecule has 0 radical (unpaired) electrons. The summed E-state index contributed by atoms with van der Waals surface area (Å²) in [4.78, 5) is 17.6. The van der Waals surface area contributed by atoms with E-state index >= 15 is 0 Å². The van der Waals surface area contributed by atoms with Crippen LogP contribution in [0.1, 0.15) is 11.1 Å². The first kappa shape index (κ1) is 19.3.